The molecule has 0 aliphatic heterocycles. The van der Waals surface area contributed by atoms with Crippen molar-refractivity contribution in [2.24, 2.45) is 0 Å². The van der Waals surface area contributed by atoms with Gasteiger partial charge in [0.05, 0.1) is 12.8 Å². The number of unbranched alkanes of at least 4 members (excludes halogenated alkanes) is 1. The molecule has 6 heteroatoms. The molecule has 1 N–H and O–H groups in total. The third kappa shape index (κ3) is 4.86. The third-order valence-electron chi connectivity index (χ3n) is 4.26. The van der Waals surface area contributed by atoms with Crippen molar-refractivity contribution >= 4 is 11.6 Å². The molecule has 5 nitrogen and oxygen atoms in total. The molecule has 1 heterocycles. The number of nitrogens with zero attached hydrogens (tertiary/aromatic N) is 2. The van der Waals surface area contributed by atoms with Crippen molar-refractivity contribution in [3.63, 3.8) is 0 Å². The Labute approximate surface area is 159 Å². The van der Waals surface area contributed by atoms with Crippen molar-refractivity contribution in [1.29, 1.82) is 0 Å². The molecule has 142 valence electrons. The average molecular weight is 379 g/mol. The fraction of sp³-hybridized carbons (Fsp3) is 0.500. The highest BCUT2D eigenvalue weighted by molar-refractivity contribution is 6.31. The van der Waals surface area contributed by atoms with E-state index in [0.29, 0.717) is 6.54 Å². The number of hydrogen-bond acceptors (Lipinski definition) is 4. The van der Waals surface area contributed by atoms with E-state index in [1.807, 2.05) is 31.2 Å². The van der Waals surface area contributed by atoms with Gasteiger partial charge < -0.3 is 9.84 Å². The van der Waals surface area contributed by atoms with Crippen molar-refractivity contribution < 1.29 is 9.84 Å². The van der Waals surface area contributed by atoms with Gasteiger partial charge in [-0.15, -0.1) is 0 Å². The summed E-state index contributed by atoms with van der Waals surface area (Å²) < 4.78 is 7.13. The van der Waals surface area contributed by atoms with Gasteiger partial charge in [-0.25, -0.2) is 4.68 Å². The van der Waals surface area contributed by atoms with Crippen LogP contribution in [0, 0.1) is 0 Å². The lowest BCUT2D eigenvalue weighted by Gasteiger charge is -2.22. The van der Waals surface area contributed by atoms with E-state index in [1.54, 1.807) is 0 Å². The maximum Gasteiger partial charge on any atom is 0.289 e. The van der Waals surface area contributed by atoms with Gasteiger partial charge in [-0.3, -0.25) is 4.79 Å². The molecule has 0 saturated heterocycles. The van der Waals surface area contributed by atoms with Crippen LogP contribution in [0.25, 0.3) is 0 Å². The summed E-state index contributed by atoms with van der Waals surface area (Å²) in [5.74, 6) is 0.184. The van der Waals surface area contributed by atoms with Gasteiger partial charge in [0.1, 0.15) is 6.10 Å². The van der Waals surface area contributed by atoms with E-state index in [-0.39, 0.29) is 28.4 Å². The number of aliphatic hydroxyl groups is 1. The fourth-order valence-corrected chi connectivity index (χ4v) is 2.75. The van der Waals surface area contributed by atoms with Crippen LogP contribution in [0.1, 0.15) is 57.8 Å². The highest BCUT2D eigenvalue weighted by Gasteiger charge is 2.19. The van der Waals surface area contributed by atoms with Gasteiger partial charge in [0.15, 0.2) is 10.8 Å². The summed E-state index contributed by atoms with van der Waals surface area (Å²) in [6, 6.07) is 7.88. The van der Waals surface area contributed by atoms with E-state index >= 15 is 0 Å². The zero-order chi connectivity index (χ0) is 19.3. The summed E-state index contributed by atoms with van der Waals surface area (Å²) in [5.41, 5.74) is 1.67. The molecule has 1 unspecified atom stereocenters. The quantitative estimate of drug-likeness (QED) is 0.787. The normalized spacial score (nSPS) is 12.8. The molecular weight excluding hydrogens is 352 g/mol. The van der Waals surface area contributed by atoms with Crippen LogP contribution in [-0.4, -0.2) is 21.5 Å². The standard InChI is InChI=1S/C20H27ClN2O3/c1-5-6-11-23-19(25)18(21)16(12-22-23)26-17(13-24)14-7-9-15(10-8-14)20(2,3)4/h7-10,12,17,24H,5-6,11,13H2,1-4H3. The Morgan fingerprint density at radius 1 is 1.27 bits per heavy atom. The first kappa shape index (κ1) is 20.5. The highest BCUT2D eigenvalue weighted by atomic mass is 35.5. The molecule has 0 radical (unpaired) electrons. The SMILES string of the molecule is CCCCn1ncc(OC(CO)c2ccc(C(C)(C)C)cc2)c(Cl)c1=O. The second kappa shape index (κ2) is 8.69. The summed E-state index contributed by atoms with van der Waals surface area (Å²) >= 11 is 6.17. The molecule has 0 aliphatic rings. The summed E-state index contributed by atoms with van der Waals surface area (Å²) in [4.78, 5) is 12.3. The van der Waals surface area contributed by atoms with Crippen molar-refractivity contribution in [2.45, 2.75) is 58.6 Å². The van der Waals surface area contributed by atoms with Crippen LogP contribution in [0.4, 0.5) is 0 Å². The smallest absolute Gasteiger partial charge is 0.289 e. The van der Waals surface area contributed by atoms with Gasteiger partial charge in [-0.1, -0.05) is 70.0 Å². The Balaban J connectivity index is 2.22. The van der Waals surface area contributed by atoms with Crippen molar-refractivity contribution in [1.82, 2.24) is 9.78 Å². The lowest BCUT2D eigenvalue weighted by Crippen LogP contribution is -2.24. The summed E-state index contributed by atoms with van der Waals surface area (Å²) in [7, 11) is 0. The molecule has 2 rings (SSSR count). The number of halogens is 1. The molecule has 1 atom stereocenters. The van der Waals surface area contributed by atoms with Gasteiger partial charge in [0.25, 0.3) is 5.56 Å². The zero-order valence-electron chi connectivity index (χ0n) is 15.8. The molecule has 0 amide bonds. The van der Waals surface area contributed by atoms with E-state index < -0.39 is 6.10 Å². The first-order valence-electron chi connectivity index (χ1n) is 8.91. The summed E-state index contributed by atoms with van der Waals surface area (Å²) in [6.45, 7) is 8.75. The summed E-state index contributed by atoms with van der Waals surface area (Å²) in [6.07, 6.45) is 2.63. The van der Waals surface area contributed by atoms with Crippen LogP contribution >= 0.6 is 11.6 Å². The second-order valence-electron chi connectivity index (χ2n) is 7.37. The Morgan fingerprint density at radius 2 is 1.92 bits per heavy atom. The number of rotatable bonds is 7. The minimum atomic E-state index is -0.616. The monoisotopic (exact) mass is 378 g/mol. The van der Waals surface area contributed by atoms with Crippen molar-refractivity contribution in [3.8, 4) is 5.75 Å². The third-order valence-corrected chi connectivity index (χ3v) is 4.61. The first-order chi connectivity index (χ1) is 12.3. The number of ether oxygens (including phenoxy) is 1. The minimum absolute atomic E-state index is 0.0131. The highest BCUT2D eigenvalue weighted by Crippen LogP contribution is 2.28. The van der Waals surface area contributed by atoms with Gasteiger partial charge in [0, 0.05) is 6.54 Å². The second-order valence-corrected chi connectivity index (χ2v) is 7.74. The van der Waals surface area contributed by atoms with E-state index in [1.165, 1.54) is 16.4 Å². The van der Waals surface area contributed by atoms with Gasteiger partial charge >= 0.3 is 0 Å². The molecule has 1 aromatic carbocycles. The average Bonchev–Trinajstić information content (AvgIpc) is 2.61. The maximum atomic E-state index is 12.3. The number of hydrogen-bond donors (Lipinski definition) is 1. The molecule has 0 spiro atoms. The van der Waals surface area contributed by atoms with Crippen LogP contribution in [0.3, 0.4) is 0 Å². The Morgan fingerprint density at radius 3 is 2.46 bits per heavy atom. The number of aromatic nitrogens is 2. The van der Waals surface area contributed by atoms with Gasteiger partial charge in [0.2, 0.25) is 0 Å². The lowest BCUT2D eigenvalue weighted by atomic mass is 9.86. The molecular formula is C20H27ClN2O3. The van der Waals surface area contributed by atoms with Crippen LogP contribution in [-0.2, 0) is 12.0 Å². The number of benzene rings is 1. The van der Waals surface area contributed by atoms with Gasteiger partial charge in [-0.2, -0.15) is 5.10 Å². The Kier molecular flexibility index (Phi) is 6.84. The fourth-order valence-electron chi connectivity index (χ4n) is 2.56. The maximum absolute atomic E-state index is 12.3. The molecule has 0 saturated carbocycles. The van der Waals surface area contributed by atoms with Crippen LogP contribution in [0.2, 0.25) is 5.02 Å². The van der Waals surface area contributed by atoms with E-state index in [0.717, 1.165) is 18.4 Å². The number of aliphatic hydroxyl groups excluding tert-OH is 1. The summed E-state index contributed by atoms with van der Waals surface area (Å²) in [5, 5.41) is 13.8. The Hall–Kier alpha value is -1.85. The predicted octanol–water partition coefficient (Wildman–Crippen LogP) is 4.11. The van der Waals surface area contributed by atoms with Crippen molar-refractivity contribution in [2.75, 3.05) is 6.61 Å². The molecule has 2 aromatic rings. The molecule has 0 bridgehead atoms. The van der Waals surface area contributed by atoms with E-state index in [4.69, 9.17) is 16.3 Å². The van der Waals surface area contributed by atoms with Crippen LogP contribution < -0.4 is 10.3 Å². The largest absolute Gasteiger partial charge is 0.480 e. The first-order valence-corrected chi connectivity index (χ1v) is 9.29. The molecule has 26 heavy (non-hydrogen) atoms. The van der Waals surface area contributed by atoms with Crippen molar-refractivity contribution in [3.05, 3.63) is 57.0 Å². The molecule has 0 aliphatic carbocycles. The molecule has 1 aromatic heterocycles. The molecule has 0 fully saturated rings. The van der Waals surface area contributed by atoms with E-state index in [9.17, 15) is 9.90 Å². The van der Waals surface area contributed by atoms with Gasteiger partial charge in [-0.05, 0) is 23.0 Å². The van der Waals surface area contributed by atoms with E-state index in [2.05, 4.69) is 25.9 Å². The zero-order valence-corrected chi connectivity index (χ0v) is 16.6. The van der Waals surface area contributed by atoms with Crippen LogP contribution in [0.15, 0.2) is 35.3 Å². The van der Waals surface area contributed by atoms with Crippen LogP contribution in [0.5, 0.6) is 5.75 Å². The minimum Gasteiger partial charge on any atom is -0.480 e. The number of aryl methyl sites for hydroxylation is 1. The topological polar surface area (TPSA) is 64.3 Å². The lowest BCUT2D eigenvalue weighted by molar-refractivity contribution is 0.115. The predicted molar refractivity (Wildman–Crippen MR) is 104 cm³/mol. The Bertz CT molecular complexity index is 779.